The lowest BCUT2D eigenvalue weighted by Crippen LogP contribution is -2.46. The first-order chi connectivity index (χ1) is 26.3. The number of aliphatic hydroxyl groups is 1. The fourth-order valence-electron chi connectivity index (χ4n) is 8.60. The highest BCUT2D eigenvalue weighted by molar-refractivity contribution is 6.71. The van der Waals surface area contributed by atoms with Gasteiger partial charge < -0.3 is 24.3 Å². The maximum atomic E-state index is 15.2. The molecular weight excluding hydrogens is 711 g/mol. The van der Waals surface area contributed by atoms with Crippen LogP contribution in [0.4, 0.5) is 17.1 Å². The monoisotopic (exact) mass is 761 g/mol. The van der Waals surface area contributed by atoms with Gasteiger partial charge >= 0.3 is 0 Å². The molecule has 4 heterocycles. The van der Waals surface area contributed by atoms with E-state index in [0.717, 1.165) is 18.5 Å². The summed E-state index contributed by atoms with van der Waals surface area (Å²) in [5, 5.41) is 17.8. The molecule has 11 nitrogen and oxygen atoms in total. The molecule has 4 aromatic rings. The van der Waals surface area contributed by atoms with E-state index < -0.39 is 25.9 Å². The Bertz CT molecular complexity index is 2150. The Kier molecular flexibility index (Phi) is 10.7. The number of aliphatic hydroxyl groups excluding tert-OH is 1. The van der Waals surface area contributed by atoms with Crippen molar-refractivity contribution in [1.82, 2.24) is 15.0 Å². The number of carbonyl (C=O) groups is 2. The number of fused-ring (bicyclic) bond motifs is 4. The van der Waals surface area contributed by atoms with Crippen LogP contribution in [0.25, 0.3) is 0 Å². The van der Waals surface area contributed by atoms with Gasteiger partial charge in [-0.05, 0) is 95.6 Å². The zero-order valence-electron chi connectivity index (χ0n) is 32.5. The van der Waals surface area contributed by atoms with Gasteiger partial charge in [0.05, 0.1) is 28.7 Å². The van der Waals surface area contributed by atoms with Crippen LogP contribution in [0.3, 0.4) is 0 Å². The molecule has 1 saturated heterocycles. The number of amides is 2. The number of rotatable bonds is 12. The van der Waals surface area contributed by atoms with Crippen LogP contribution < -0.4 is 14.5 Å². The number of allylic oxidation sites excluding steroid dienone is 3. The third-order valence-electron chi connectivity index (χ3n) is 11.2. The molecule has 0 saturated carbocycles. The Morgan fingerprint density at radius 2 is 1.73 bits per heavy atom. The van der Waals surface area contributed by atoms with Crippen molar-refractivity contribution in [3.63, 3.8) is 0 Å². The van der Waals surface area contributed by atoms with Crippen molar-refractivity contribution in [3.8, 4) is 11.5 Å². The highest BCUT2D eigenvalue weighted by Crippen LogP contribution is 2.60. The van der Waals surface area contributed by atoms with Gasteiger partial charge in [0, 0.05) is 55.0 Å². The summed E-state index contributed by atoms with van der Waals surface area (Å²) in [6, 6.07) is 20.4. The number of aryl methyl sites for hydroxylation is 1. The number of ether oxygens (including phenoxy) is 2. The first-order valence-electron chi connectivity index (χ1n) is 19.2. The molecule has 3 aliphatic rings. The highest BCUT2D eigenvalue weighted by Gasteiger charge is 2.66. The zero-order chi connectivity index (χ0) is 39.1. The normalized spacial score (nSPS) is 22.0. The molecule has 0 unspecified atom stereocenters. The fourth-order valence-corrected chi connectivity index (χ4v) is 11.2. The summed E-state index contributed by atoms with van der Waals surface area (Å²) in [4.78, 5) is 45.0. The number of para-hydroxylation sites is 3. The molecule has 2 amide bonds. The minimum absolute atomic E-state index is 0.0187. The van der Waals surface area contributed by atoms with E-state index in [1.165, 1.54) is 11.1 Å². The number of hydrogen-bond acceptors (Lipinski definition) is 8. The molecule has 3 aromatic carbocycles. The van der Waals surface area contributed by atoms with Crippen LogP contribution >= 0.6 is 0 Å². The third-order valence-corrected chi connectivity index (χ3v) is 13.7. The Balaban J connectivity index is 1.33. The molecule has 4 atom stereocenters. The maximum Gasteiger partial charge on any atom is 0.266 e. The number of aromatic nitrogens is 3. The summed E-state index contributed by atoms with van der Waals surface area (Å²) in [6.45, 7) is 12.9. The second-order valence-corrected chi connectivity index (χ2v) is 19.8. The van der Waals surface area contributed by atoms with Crippen LogP contribution in [0.2, 0.25) is 18.6 Å². The molecular formula is C43H51N5O6Si. The van der Waals surface area contributed by atoms with Crippen molar-refractivity contribution in [3.05, 3.63) is 113 Å². The molecule has 7 rings (SSSR count). The van der Waals surface area contributed by atoms with Crippen LogP contribution in [-0.4, -0.2) is 64.3 Å². The van der Waals surface area contributed by atoms with Gasteiger partial charge in [-0.15, -0.1) is 5.10 Å². The molecule has 0 radical (unpaired) electrons. The SMILES string of the molecule is CC(C)=CCC/C(C)=C/CN1C(=O)[C@]2(O[C@H](CCn3cc(CCO)nn3)[C@@H]([Si](C)(C)O)[C@@H]2C)c2cc(N3C(=O)c4ccccc4Oc4ccccc43)ccc21. The average Bonchev–Trinajstić information content (AvgIpc) is 3.76. The second-order valence-electron chi connectivity index (χ2n) is 15.8. The van der Waals surface area contributed by atoms with E-state index in [9.17, 15) is 14.7 Å². The molecule has 0 aliphatic carbocycles. The first kappa shape index (κ1) is 38.4. The largest absolute Gasteiger partial charge is 0.454 e. The highest BCUT2D eigenvalue weighted by atomic mass is 28.4. The maximum absolute atomic E-state index is 15.2. The number of benzene rings is 3. The first-order valence-corrected chi connectivity index (χ1v) is 22.2. The summed E-state index contributed by atoms with van der Waals surface area (Å²) in [5.41, 5.74) is 4.44. The Morgan fingerprint density at radius 3 is 2.47 bits per heavy atom. The van der Waals surface area contributed by atoms with E-state index in [-0.39, 0.29) is 24.0 Å². The summed E-state index contributed by atoms with van der Waals surface area (Å²) in [6.07, 6.45) is 8.40. The molecule has 12 heteroatoms. The number of carbonyl (C=O) groups excluding carboxylic acids is 2. The van der Waals surface area contributed by atoms with Crippen LogP contribution in [0.15, 0.2) is 96.2 Å². The smallest absolute Gasteiger partial charge is 0.266 e. The van der Waals surface area contributed by atoms with Gasteiger partial charge in [0.2, 0.25) is 0 Å². The number of nitrogens with zero attached hydrogens (tertiary/aromatic N) is 5. The van der Waals surface area contributed by atoms with Crippen LogP contribution in [0.5, 0.6) is 11.5 Å². The quantitative estimate of drug-likeness (QED) is 0.110. The Labute approximate surface area is 324 Å². The minimum atomic E-state index is -2.95. The molecule has 288 valence electrons. The van der Waals surface area contributed by atoms with E-state index in [1.807, 2.05) is 80.8 Å². The van der Waals surface area contributed by atoms with Crippen molar-refractivity contribution in [2.45, 2.75) is 90.3 Å². The molecule has 1 fully saturated rings. The molecule has 3 aliphatic heterocycles. The van der Waals surface area contributed by atoms with Gasteiger partial charge in [0.25, 0.3) is 11.8 Å². The molecule has 2 N–H and O–H groups in total. The van der Waals surface area contributed by atoms with Crippen molar-refractivity contribution in [2.75, 3.05) is 23.0 Å². The van der Waals surface area contributed by atoms with Crippen LogP contribution in [0, 0.1) is 5.92 Å². The standard InChI is InChI=1S/C43H51N5O6Si/c1-28(2)12-11-13-29(3)20-24-47-35-19-18-32(48-36-15-8-10-17-38(36)53-37-16-9-7-14-33(37)41(48)50)26-34(35)43(42(47)51)30(4)40(55(5,6)52)39(54-43)21-23-46-27-31(22-25-49)44-45-46/h7-10,12,14-20,26-27,30,39-40,49,52H,11,13,21-25H2,1-6H3/b29-20+/t30-,39+,40-,43+/m0/s1. The Morgan fingerprint density at radius 1 is 0.982 bits per heavy atom. The fraction of sp³-hybridized carbons (Fsp3) is 0.395. The van der Waals surface area contributed by atoms with Crippen molar-refractivity contribution < 1.29 is 29.0 Å². The molecule has 1 aromatic heterocycles. The topological polar surface area (TPSA) is 130 Å². The van der Waals surface area contributed by atoms with E-state index in [4.69, 9.17) is 9.47 Å². The van der Waals surface area contributed by atoms with Gasteiger partial charge in [-0.3, -0.25) is 19.2 Å². The Hall–Kier alpha value is -4.88. The van der Waals surface area contributed by atoms with Crippen LogP contribution in [-0.2, 0) is 28.1 Å². The van der Waals surface area contributed by atoms with Gasteiger partial charge in [0.1, 0.15) is 5.75 Å². The van der Waals surface area contributed by atoms with Gasteiger partial charge in [-0.2, -0.15) is 0 Å². The molecule has 55 heavy (non-hydrogen) atoms. The summed E-state index contributed by atoms with van der Waals surface area (Å²) >= 11 is 0. The summed E-state index contributed by atoms with van der Waals surface area (Å²) < 4.78 is 15.2. The molecule has 1 spiro atoms. The third kappa shape index (κ3) is 7.19. The van der Waals surface area contributed by atoms with Gasteiger partial charge in [-0.1, -0.05) is 59.7 Å². The second kappa shape index (κ2) is 15.3. The predicted molar refractivity (Wildman–Crippen MR) is 215 cm³/mol. The number of anilines is 3. The number of hydrogen-bond donors (Lipinski definition) is 2. The van der Waals surface area contributed by atoms with E-state index >= 15 is 4.79 Å². The zero-order valence-corrected chi connectivity index (χ0v) is 33.5. The van der Waals surface area contributed by atoms with Gasteiger partial charge in [-0.25, -0.2) is 0 Å². The van der Waals surface area contributed by atoms with Crippen LogP contribution in [0.1, 0.15) is 68.6 Å². The summed E-state index contributed by atoms with van der Waals surface area (Å²) in [7, 11) is -2.95. The lowest BCUT2D eigenvalue weighted by atomic mass is 9.82. The van der Waals surface area contributed by atoms with E-state index in [2.05, 4.69) is 43.2 Å². The average molecular weight is 762 g/mol. The van der Waals surface area contributed by atoms with Crippen molar-refractivity contribution in [1.29, 1.82) is 0 Å². The van der Waals surface area contributed by atoms with Gasteiger partial charge in [0.15, 0.2) is 19.7 Å². The predicted octanol–water partition coefficient (Wildman–Crippen LogP) is 7.82. The molecule has 0 bridgehead atoms. The van der Waals surface area contributed by atoms with Crippen molar-refractivity contribution >= 4 is 37.2 Å². The summed E-state index contributed by atoms with van der Waals surface area (Å²) in [5.74, 6) is 0.192. The van der Waals surface area contributed by atoms with Crippen molar-refractivity contribution in [2.24, 2.45) is 5.92 Å². The lowest BCUT2D eigenvalue weighted by molar-refractivity contribution is -0.145. The minimum Gasteiger partial charge on any atom is -0.454 e. The van der Waals surface area contributed by atoms with E-state index in [0.29, 0.717) is 65.6 Å². The lowest BCUT2D eigenvalue weighted by Gasteiger charge is -2.32. The van der Waals surface area contributed by atoms with E-state index in [1.54, 1.807) is 26.6 Å².